The van der Waals surface area contributed by atoms with Gasteiger partial charge in [-0.05, 0) is 54.8 Å². The lowest BCUT2D eigenvalue weighted by Crippen LogP contribution is -2.44. The molecule has 45 heavy (non-hydrogen) atoms. The molecule has 2 N–H and O–H groups in total. The number of carbonyl (C=O) groups excluding carboxylic acids is 1. The number of halogens is 1. The van der Waals surface area contributed by atoms with Gasteiger partial charge in [-0.1, -0.05) is 77.8 Å². The molecule has 0 bridgehead atoms. The average molecular weight is 641 g/mol. The molecule has 10 heteroatoms. The normalized spacial score (nSPS) is 12.4. The highest BCUT2D eigenvalue weighted by molar-refractivity contribution is 7.89. The highest BCUT2D eigenvalue weighted by Gasteiger charge is 2.29. The fourth-order valence-corrected chi connectivity index (χ4v) is 6.70. The summed E-state index contributed by atoms with van der Waals surface area (Å²) >= 11 is 6.60. The van der Waals surface area contributed by atoms with Gasteiger partial charge in [0.15, 0.2) is 5.75 Å². The summed E-state index contributed by atoms with van der Waals surface area (Å²) in [6.45, 7) is 3.67. The minimum Gasteiger partial charge on any atom is -0.424 e. The largest absolute Gasteiger partial charge is 0.424 e. The van der Waals surface area contributed by atoms with Gasteiger partial charge < -0.3 is 14.1 Å². The van der Waals surface area contributed by atoms with E-state index in [-0.39, 0.29) is 27.7 Å². The second kappa shape index (κ2) is 12.4. The molecule has 0 amide bonds. The zero-order valence-electron chi connectivity index (χ0n) is 24.5. The maximum absolute atomic E-state index is 13.7. The number of esters is 1. The van der Waals surface area contributed by atoms with Gasteiger partial charge in [-0.25, -0.2) is 18.0 Å². The summed E-state index contributed by atoms with van der Waals surface area (Å²) in [5.74, 6) is -0.942. The van der Waals surface area contributed by atoms with Crippen LogP contribution in [0.1, 0.15) is 27.8 Å². The van der Waals surface area contributed by atoms with Crippen LogP contribution >= 0.6 is 11.6 Å². The first kappa shape index (κ1) is 30.3. The van der Waals surface area contributed by atoms with Gasteiger partial charge in [-0.3, -0.25) is 0 Å². The maximum atomic E-state index is 13.7. The summed E-state index contributed by atoms with van der Waals surface area (Å²) in [5.41, 5.74) is 4.29. The van der Waals surface area contributed by atoms with Crippen LogP contribution < -0.4 is 15.1 Å². The number of aromatic nitrogens is 1. The summed E-state index contributed by atoms with van der Waals surface area (Å²) in [6.07, 6.45) is 2.12. The number of hydrogen-bond donors (Lipinski definition) is 2. The van der Waals surface area contributed by atoms with Gasteiger partial charge >= 0.3 is 11.6 Å². The number of aromatic amines is 1. The smallest absolute Gasteiger partial charge is 0.340 e. The van der Waals surface area contributed by atoms with Crippen molar-refractivity contribution in [2.45, 2.75) is 37.6 Å². The third-order valence-electron chi connectivity index (χ3n) is 7.79. The van der Waals surface area contributed by atoms with Crippen LogP contribution in [-0.4, -0.2) is 25.4 Å². The number of sulfonamides is 1. The van der Waals surface area contributed by atoms with Crippen LogP contribution in [0.4, 0.5) is 0 Å². The molecule has 1 atom stereocenters. The number of ether oxygens (including phenoxy) is 1. The third-order valence-corrected chi connectivity index (χ3v) is 9.57. The molecule has 6 aromatic rings. The van der Waals surface area contributed by atoms with Crippen LogP contribution in [-0.2, 0) is 27.7 Å². The van der Waals surface area contributed by atoms with E-state index in [1.54, 1.807) is 24.4 Å². The Hall–Kier alpha value is -4.70. The number of H-pyrrole nitrogens is 1. The number of rotatable bonds is 9. The van der Waals surface area contributed by atoms with Gasteiger partial charge in [-0.15, -0.1) is 0 Å². The number of hydrogen-bond acceptors (Lipinski definition) is 6. The average Bonchev–Trinajstić information content (AvgIpc) is 3.43. The molecule has 0 radical (unpaired) electrons. The molecule has 0 saturated heterocycles. The van der Waals surface area contributed by atoms with Crippen molar-refractivity contribution in [1.29, 1.82) is 0 Å². The molecular formula is C35H29ClN2O6S. The van der Waals surface area contributed by atoms with Gasteiger partial charge in [0.25, 0.3) is 0 Å². The number of benzene rings is 4. The lowest BCUT2D eigenvalue weighted by atomic mass is 9.99. The molecule has 6 rings (SSSR count). The van der Waals surface area contributed by atoms with E-state index in [9.17, 15) is 18.0 Å². The van der Waals surface area contributed by atoms with Crippen molar-refractivity contribution in [3.05, 3.63) is 140 Å². The van der Waals surface area contributed by atoms with Crippen LogP contribution in [0.25, 0.3) is 21.9 Å². The Labute approximate surface area is 264 Å². The number of para-hydroxylation sites is 1. The van der Waals surface area contributed by atoms with Gasteiger partial charge in [0.2, 0.25) is 10.0 Å². The van der Waals surface area contributed by atoms with Crippen LogP contribution in [0.5, 0.6) is 5.75 Å². The zero-order valence-corrected chi connectivity index (χ0v) is 26.0. The lowest BCUT2D eigenvalue weighted by molar-refractivity contribution is -0.136. The zero-order chi connectivity index (χ0) is 31.7. The molecule has 0 saturated carbocycles. The molecule has 228 valence electrons. The topological polar surface area (TPSA) is 118 Å². The first-order valence-electron chi connectivity index (χ1n) is 14.2. The predicted molar refractivity (Wildman–Crippen MR) is 174 cm³/mol. The van der Waals surface area contributed by atoms with Gasteiger partial charge in [0, 0.05) is 47.0 Å². The molecule has 0 aliphatic heterocycles. The van der Waals surface area contributed by atoms with E-state index in [4.69, 9.17) is 20.8 Å². The summed E-state index contributed by atoms with van der Waals surface area (Å²) in [7, 11) is -4.11. The maximum Gasteiger partial charge on any atom is 0.340 e. The second-order valence-corrected chi connectivity index (χ2v) is 13.0. The van der Waals surface area contributed by atoms with E-state index in [0.717, 1.165) is 27.6 Å². The molecule has 8 nitrogen and oxygen atoms in total. The lowest BCUT2D eigenvalue weighted by Gasteiger charge is -2.18. The van der Waals surface area contributed by atoms with E-state index in [0.29, 0.717) is 22.9 Å². The summed E-state index contributed by atoms with van der Waals surface area (Å²) in [6, 6.07) is 25.0. The first-order chi connectivity index (χ1) is 21.6. The van der Waals surface area contributed by atoms with Gasteiger partial charge in [0.1, 0.15) is 11.6 Å². The summed E-state index contributed by atoms with van der Waals surface area (Å²) in [5, 5.41) is 1.54. The van der Waals surface area contributed by atoms with E-state index in [1.165, 1.54) is 18.2 Å². The Kier molecular flexibility index (Phi) is 8.33. The monoisotopic (exact) mass is 640 g/mol. The van der Waals surface area contributed by atoms with Crippen molar-refractivity contribution in [2.24, 2.45) is 0 Å². The second-order valence-electron chi connectivity index (χ2n) is 10.9. The van der Waals surface area contributed by atoms with Crippen LogP contribution in [0.3, 0.4) is 0 Å². The van der Waals surface area contributed by atoms with Crippen LogP contribution in [0.15, 0.2) is 111 Å². The number of carbonyl (C=O) groups is 1. The molecule has 4 aromatic carbocycles. The highest BCUT2D eigenvalue weighted by atomic mass is 35.5. The van der Waals surface area contributed by atoms with Crippen molar-refractivity contribution < 1.29 is 22.4 Å². The van der Waals surface area contributed by atoms with E-state index in [2.05, 4.69) is 9.71 Å². The van der Waals surface area contributed by atoms with Crippen LogP contribution in [0.2, 0.25) is 5.02 Å². The molecule has 0 aliphatic carbocycles. The Morgan fingerprint density at radius 1 is 0.956 bits per heavy atom. The minimum atomic E-state index is -4.11. The first-order valence-corrected chi connectivity index (χ1v) is 16.1. The Balaban J connectivity index is 1.33. The molecule has 0 aliphatic rings. The molecule has 1 unspecified atom stereocenters. The number of nitrogens with one attached hydrogen (secondary N) is 2. The number of fused-ring (bicyclic) bond motifs is 2. The van der Waals surface area contributed by atoms with Gasteiger partial charge in [0.05, 0.1) is 9.92 Å². The van der Waals surface area contributed by atoms with E-state index in [1.807, 2.05) is 68.4 Å². The van der Waals surface area contributed by atoms with Crippen molar-refractivity contribution in [3.8, 4) is 5.75 Å². The highest BCUT2D eigenvalue weighted by Crippen LogP contribution is 2.33. The Bertz CT molecular complexity index is 2210. The van der Waals surface area contributed by atoms with Crippen molar-refractivity contribution in [3.63, 3.8) is 0 Å². The van der Waals surface area contributed by atoms with Crippen molar-refractivity contribution in [1.82, 2.24) is 9.71 Å². The Morgan fingerprint density at radius 3 is 2.42 bits per heavy atom. The van der Waals surface area contributed by atoms with Crippen molar-refractivity contribution >= 4 is 49.5 Å². The molecule has 2 aromatic heterocycles. The fraction of sp³-hybridized carbons (Fsp3) is 0.143. The number of aryl methyl sites for hydroxylation is 2. The van der Waals surface area contributed by atoms with E-state index >= 15 is 0 Å². The molecular weight excluding hydrogens is 612 g/mol. The quantitative estimate of drug-likeness (QED) is 0.104. The van der Waals surface area contributed by atoms with E-state index < -0.39 is 27.7 Å². The fourth-order valence-electron chi connectivity index (χ4n) is 5.32. The summed E-state index contributed by atoms with van der Waals surface area (Å²) in [4.78, 5) is 29.9. The summed E-state index contributed by atoms with van der Waals surface area (Å²) < 4.78 is 40.6. The standard InChI is InChI=1S/C35H29ClN2O6S/c1-21-12-14-25(15-13-21)45(41,42)38-31(17-24-20-37-30-11-7-6-10-26(24)30)35(40)44-33-19-32-27(18-29(33)36)22(2)28(34(39)43-32)16-23-8-4-3-5-9-23/h3-15,18-20,31,37-38H,16-17H2,1-2H3. The van der Waals surface area contributed by atoms with Crippen molar-refractivity contribution in [2.75, 3.05) is 0 Å². The Morgan fingerprint density at radius 2 is 1.67 bits per heavy atom. The third kappa shape index (κ3) is 6.42. The minimum absolute atomic E-state index is 0.00379. The molecule has 2 heterocycles. The molecule has 0 fully saturated rings. The molecule has 0 spiro atoms. The van der Waals surface area contributed by atoms with Crippen LogP contribution in [0, 0.1) is 13.8 Å². The van der Waals surface area contributed by atoms with Gasteiger partial charge in [-0.2, -0.15) is 4.72 Å². The predicted octanol–water partition coefficient (Wildman–Crippen LogP) is 6.63. The SMILES string of the molecule is Cc1ccc(S(=O)(=O)NC(Cc2c[nH]c3ccccc23)C(=O)Oc2cc3oc(=O)c(Cc4ccccc4)c(C)c3cc2Cl)cc1.